The number of hydrogen-bond donors (Lipinski definition) is 0. The molecule has 0 aliphatic heterocycles. The van der Waals surface area contributed by atoms with Crippen LogP contribution in [0.4, 0.5) is 0 Å². The second-order valence-corrected chi connectivity index (χ2v) is 3.16. The van der Waals surface area contributed by atoms with Crippen LogP contribution in [-0.4, -0.2) is 6.72 Å². The predicted octanol–water partition coefficient (Wildman–Crippen LogP) is 3.90. The van der Waals surface area contributed by atoms with E-state index < -0.39 is 0 Å². The van der Waals surface area contributed by atoms with Crippen LogP contribution in [0.2, 0.25) is 0 Å². The van der Waals surface area contributed by atoms with E-state index in [1.807, 2.05) is 0 Å². The van der Waals surface area contributed by atoms with Gasteiger partial charge in [-0.25, -0.2) is 0 Å². The van der Waals surface area contributed by atoms with Gasteiger partial charge in [0.1, 0.15) is 0 Å². The van der Waals surface area contributed by atoms with Crippen molar-refractivity contribution >= 4 is 18.3 Å². The summed E-state index contributed by atoms with van der Waals surface area (Å²) in [6.07, 6.45) is 6.21. The van der Waals surface area contributed by atoms with Gasteiger partial charge in [-0.3, -0.25) is 4.99 Å². The molecule has 0 aromatic carbocycles. The van der Waals surface area contributed by atoms with Crippen LogP contribution in [0.3, 0.4) is 0 Å². The minimum atomic E-state index is 0.582. The molecule has 0 heterocycles. The van der Waals surface area contributed by atoms with Gasteiger partial charge in [-0.1, -0.05) is 37.9 Å². The van der Waals surface area contributed by atoms with Crippen LogP contribution in [0, 0.1) is 0 Å². The van der Waals surface area contributed by atoms with E-state index in [4.69, 9.17) is 11.6 Å². The van der Waals surface area contributed by atoms with Crippen molar-refractivity contribution in [3.8, 4) is 0 Å². The first-order chi connectivity index (χ1) is 5.72. The molecular formula is C10H16ClN. The molecule has 0 amide bonds. The van der Waals surface area contributed by atoms with Crippen molar-refractivity contribution in [3.63, 3.8) is 0 Å². The highest BCUT2D eigenvalue weighted by Gasteiger charge is 1.98. The average Bonchev–Trinajstić information content (AvgIpc) is 2.03. The molecular weight excluding hydrogens is 170 g/mol. The molecule has 68 valence electrons. The topological polar surface area (TPSA) is 12.4 Å². The maximum Gasteiger partial charge on any atom is 0.0381 e. The van der Waals surface area contributed by atoms with E-state index in [0.29, 0.717) is 5.03 Å². The van der Waals surface area contributed by atoms with Crippen LogP contribution >= 0.6 is 11.6 Å². The Kier molecular flexibility index (Phi) is 6.78. The van der Waals surface area contributed by atoms with Crippen molar-refractivity contribution in [2.24, 2.45) is 4.99 Å². The molecule has 0 saturated carbocycles. The molecule has 0 radical (unpaired) electrons. The number of hydrogen-bond acceptors (Lipinski definition) is 1. The fourth-order valence-electron chi connectivity index (χ4n) is 0.946. The lowest BCUT2D eigenvalue weighted by Gasteiger charge is -2.02. The first kappa shape index (κ1) is 11.4. The van der Waals surface area contributed by atoms with Crippen molar-refractivity contribution in [3.05, 3.63) is 23.4 Å². The minimum absolute atomic E-state index is 0.582. The number of aliphatic imine (C=N–C) groups is 1. The van der Waals surface area contributed by atoms with Gasteiger partial charge in [0.05, 0.1) is 0 Å². The van der Waals surface area contributed by atoms with Gasteiger partial charge in [-0.2, -0.15) is 0 Å². The maximum atomic E-state index is 5.75. The number of halogens is 1. The summed E-state index contributed by atoms with van der Waals surface area (Å²) in [5.41, 5.74) is 1.00. The largest absolute Gasteiger partial charge is 0.272 e. The molecule has 1 nitrogen and oxygen atoms in total. The quantitative estimate of drug-likeness (QED) is 0.338. The molecule has 0 aliphatic rings. The van der Waals surface area contributed by atoms with E-state index >= 15 is 0 Å². The third-order valence-corrected chi connectivity index (χ3v) is 1.89. The summed E-state index contributed by atoms with van der Waals surface area (Å²) < 4.78 is 0. The number of allylic oxidation sites excluding steroid dienone is 2. The zero-order valence-corrected chi connectivity index (χ0v) is 8.40. The van der Waals surface area contributed by atoms with Crippen molar-refractivity contribution in [1.29, 1.82) is 0 Å². The molecule has 0 atom stereocenters. The summed E-state index contributed by atoms with van der Waals surface area (Å²) in [6, 6.07) is 0. The summed E-state index contributed by atoms with van der Waals surface area (Å²) in [6.45, 7) is 9.22. The summed E-state index contributed by atoms with van der Waals surface area (Å²) in [7, 11) is 0. The Hall–Kier alpha value is -0.560. The Morgan fingerprint density at radius 3 is 2.58 bits per heavy atom. The van der Waals surface area contributed by atoms with E-state index in [-0.39, 0.29) is 0 Å². The SMILES string of the molecule is C=N/C=C(/CCCCC)C(=C)Cl. The van der Waals surface area contributed by atoms with Gasteiger partial charge in [0, 0.05) is 11.2 Å². The third kappa shape index (κ3) is 5.14. The molecule has 0 aromatic heterocycles. The zero-order chi connectivity index (χ0) is 9.40. The smallest absolute Gasteiger partial charge is 0.0381 e. The molecule has 0 aromatic rings. The third-order valence-electron chi connectivity index (χ3n) is 1.65. The number of rotatable bonds is 6. The molecule has 0 rings (SSSR count). The van der Waals surface area contributed by atoms with Gasteiger partial charge in [-0.15, -0.1) is 0 Å². The van der Waals surface area contributed by atoms with Gasteiger partial charge < -0.3 is 0 Å². The first-order valence-corrected chi connectivity index (χ1v) is 4.59. The summed E-state index contributed by atoms with van der Waals surface area (Å²) >= 11 is 5.75. The lowest BCUT2D eigenvalue weighted by atomic mass is 10.1. The predicted molar refractivity (Wildman–Crippen MR) is 56.8 cm³/mol. The average molecular weight is 186 g/mol. The minimum Gasteiger partial charge on any atom is -0.272 e. The number of nitrogens with zero attached hydrogens (tertiary/aromatic N) is 1. The van der Waals surface area contributed by atoms with Crippen molar-refractivity contribution in [2.45, 2.75) is 32.6 Å². The van der Waals surface area contributed by atoms with Gasteiger partial charge in [0.25, 0.3) is 0 Å². The van der Waals surface area contributed by atoms with E-state index in [1.54, 1.807) is 6.20 Å². The number of unbranched alkanes of at least 4 members (excludes halogenated alkanes) is 2. The van der Waals surface area contributed by atoms with E-state index in [1.165, 1.54) is 12.8 Å². The standard InChI is InChI=1S/C10H16ClN/c1-4-5-6-7-10(8-12-3)9(2)11/h8H,2-7H2,1H3/b10-8-. The highest BCUT2D eigenvalue weighted by Crippen LogP contribution is 2.19. The normalized spacial score (nSPS) is 11.3. The molecule has 0 spiro atoms. The highest BCUT2D eigenvalue weighted by atomic mass is 35.5. The maximum absolute atomic E-state index is 5.75. The molecule has 0 N–H and O–H groups in total. The first-order valence-electron chi connectivity index (χ1n) is 4.22. The zero-order valence-electron chi connectivity index (χ0n) is 7.65. The molecule has 2 heteroatoms. The van der Waals surface area contributed by atoms with Gasteiger partial charge in [-0.05, 0) is 25.1 Å². The Bertz CT molecular complexity index is 182. The van der Waals surface area contributed by atoms with Crippen LogP contribution in [0.15, 0.2) is 28.4 Å². The van der Waals surface area contributed by atoms with Crippen molar-refractivity contribution in [2.75, 3.05) is 0 Å². The van der Waals surface area contributed by atoms with Crippen LogP contribution < -0.4 is 0 Å². The summed E-state index contributed by atoms with van der Waals surface area (Å²) in [5.74, 6) is 0. The second-order valence-electron chi connectivity index (χ2n) is 2.70. The van der Waals surface area contributed by atoms with Gasteiger partial charge >= 0.3 is 0 Å². The van der Waals surface area contributed by atoms with Crippen LogP contribution in [-0.2, 0) is 0 Å². The van der Waals surface area contributed by atoms with E-state index in [9.17, 15) is 0 Å². The van der Waals surface area contributed by atoms with Gasteiger partial charge in [0.2, 0.25) is 0 Å². The second kappa shape index (κ2) is 7.11. The molecule has 0 aliphatic carbocycles. The summed E-state index contributed by atoms with van der Waals surface area (Å²) in [4.78, 5) is 3.68. The van der Waals surface area contributed by atoms with Crippen LogP contribution in [0.5, 0.6) is 0 Å². The summed E-state index contributed by atoms with van der Waals surface area (Å²) in [5, 5.41) is 0.582. The fraction of sp³-hybridized carbons (Fsp3) is 0.500. The lowest BCUT2D eigenvalue weighted by molar-refractivity contribution is 0.718. The van der Waals surface area contributed by atoms with Crippen molar-refractivity contribution < 1.29 is 0 Å². The van der Waals surface area contributed by atoms with E-state index in [0.717, 1.165) is 18.4 Å². The lowest BCUT2D eigenvalue weighted by Crippen LogP contribution is -1.83. The Labute approximate surface area is 79.8 Å². The van der Waals surface area contributed by atoms with Crippen LogP contribution in [0.25, 0.3) is 0 Å². The fourth-order valence-corrected chi connectivity index (χ4v) is 1.09. The van der Waals surface area contributed by atoms with Crippen LogP contribution in [0.1, 0.15) is 32.6 Å². The Morgan fingerprint density at radius 1 is 1.50 bits per heavy atom. The molecule has 0 bridgehead atoms. The molecule has 12 heavy (non-hydrogen) atoms. The monoisotopic (exact) mass is 185 g/mol. The van der Waals surface area contributed by atoms with Crippen molar-refractivity contribution in [1.82, 2.24) is 0 Å². The molecule has 0 fully saturated rings. The molecule has 0 saturated heterocycles. The Balaban J connectivity index is 3.89. The highest BCUT2D eigenvalue weighted by molar-refractivity contribution is 6.31. The van der Waals surface area contributed by atoms with Gasteiger partial charge in [0.15, 0.2) is 0 Å². The van der Waals surface area contributed by atoms with E-state index in [2.05, 4.69) is 25.2 Å². The Morgan fingerprint density at radius 2 is 2.17 bits per heavy atom. The molecule has 0 unspecified atom stereocenters.